The fraction of sp³-hybridized carbons (Fsp3) is 0.786. The average Bonchev–Trinajstić information content (AvgIpc) is 2.94. The maximum atomic E-state index is 4.62. The van der Waals surface area contributed by atoms with E-state index in [9.17, 15) is 0 Å². The van der Waals surface area contributed by atoms with Crippen molar-refractivity contribution in [1.82, 2.24) is 15.1 Å². The molecule has 3 nitrogen and oxygen atoms in total. The van der Waals surface area contributed by atoms with Crippen molar-refractivity contribution < 1.29 is 0 Å². The lowest BCUT2D eigenvalue weighted by molar-refractivity contribution is 0.418. The molecule has 0 saturated heterocycles. The predicted molar refractivity (Wildman–Crippen MR) is 70.9 cm³/mol. The summed E-state index contributed by atoms with van der Waals surface area (Å²) in [7, 11) is 0. The van der Waals surface area contributed by atoms with E-state index in [4.69, 9.17) is 0 Å². The first-order valence-electron chi connectivity index (χ1n) is 6.98. The zero-order valence-corrected chi connectivity index (χ0v) is 11.3. The minimum atomic E-state index is 0.508. The second-order valence-corrected chi connectivity index (χ2v) is 5.44. The molecule has 1 aliphatic rings. The van der Waals surface area contributed by atoms with E-state index in [0.29, 0.717) is 12.1 Å². The molecule has 0 aromatic carbocycles. The molecule has 1 heterocycles. The summed E-state index contributed by atoms with van der Waals surface area (Å²) < 4.78 is 2.08. The Morgan fingerprint density at radius 3 is 3.00 bits per heavy atom. The van der Waals surface area contributed by atoms with Crippen molar-refractivity contribution in [3.8, 4) is 0 Å². The van der Waals surface area contributed by atoms with Gasteiger partial charge in [-0.05, 0) is 38.2 Å². The number of hydrogen-bond acceptors (Lipinski definition) is 2. The molecule has 1 N–H and O–H groups in total. The highest BCUT2D eigenvalue weighted by atomic mass is 15.3. The van der Waals surface area contributed by atoms with Gasteiger partial charge in [-0.2, -0.15) is 5.10 Å². The third kappa shape index (κ3) is 3.09. The molecule has 0 amide bonds. The zero-order valence-electron chi connectivity index (χ0n) is 11.3. The first kappa shape index (κ1) is 12.6. The van der Waals surface area contributed by atoms with Gasteiger partial charge in [0, 0.05) is 24.8 Å². The largest absolute Gasteiger partial charge is 0.308 e. The van der Waals surface area contributed by atoms with Crippen molar-refractivity contribution in [3.05, 3.63) is 18.0 Å². The second-order valence-electron chi connectivity index (χ2n) is 5.44. The lowest BCUT2D eigenvalue weighted by atomic mass is 10.1. The van der Waals surface area contributed by atoms with Crippen molar-refractivity contribution in [2.45, 2.75) is 65.1 Å². The maximum Gasteiger partial charge on any atom is 0.0762 e. The highest BCUT2D eigenvalue weighted by molar-refractivity contribution is 5.00. The monoisotopic (exact) mass is 235 g/mol. The van der Waals surface area contributed by atoms with Gasteiger partial charge in [0.25, 0.3) is 0 Å². The molecule has 1 aromatic rings. The first-order chi connectivity index (χ1) is 8.20. The van der Waals surface area contributed by atoms with Gasteiger partial charge < -0.3 is 5.32 Å². The minimum Gasteiger partial charge on any atom is -0.308 e. The highest BCUT2D eigenvalue weighted by Crippen LogP contribution is 2.24. The third-order valence-electron chi connectivity index (χ3n) is 4.11. The Morgan fingerprint density at radius 1 is 1.53 bits per heavy atom. The van der Waals surface area contributed by atoms with Crippen LogP contribution in [-0.4, -0.2) is 15.8 Å². The van der Waals surface area contributed by atoms with Gasteiger partial charge in [-0.25, -0.2) is 0 Å². The third-order valence-corrected chi connectivity index (χ3v) is 4.11. The van der Waals surface area contributed by atoms with Crippen LogP contribution in [0.5, 0.6) is 0 Å². The Labute approximate surface area is 105 Å². The molecule has 1 saturated carbocycles. The Morgan fingerprint density at radius 2 is 2.35 bits per heavy atom. The summed E-state index contributed by atoms with van der Waals surface area (Å²) in [5.74, 6) is 0.826. The number of hydrogen-bond donors (Lipinski definition) is 1. The van der Waals surface area contributed by atoms with E-state index in [1.807, 2.05) is 0 Å². The van der Waals surface area contributed by atoms with E-state index in [1.165, 1.54) is 25.0 Å². The van der Waals surface area contributed by atoms with Crippen LogP contribution in [0.3, 0.4) is 0 Å². The van der Waals surface area contributed by atoms with Gasteiger partial charge in [-0.1, -0.05) is 20.3 Å². The van der Waals surface area contributed by atoms with Crippen LogP contribution >= 0.6 is 0 Å². The molecule has 1 aliphatic carbocycles. The Hall–Kier alpha value is -0.830. The summed E-state index contributed by atoms with van der Waals surface area (Å²) in [4.78, 5) is 0. The van der Waals surface area contributed by atoms with Crippen LogP contribution in [0.1, 0.15) is 58.2 Å². The van der Waals surface area contributed by atoms with Gasteiger partial charge in [-0.3, -0.25) is 4.68 Å². The van der Waals surface area contributed by atoms with Crippen LogP contribution in [0.25, 0.3) is 0 Å². The number of nitrogens with one attached hydrogen (secondary N) is 1. The molecule has 3 heteroatoms. The predicted octanol–water partition coefficient (Wildman–Crippen LogP) is 3.13. The number of nitrogens with zero attached hydrogens (tertiary/aromatic N) is 2. The summed E-state index contributed by atoms with van der Waals surface area (Å²) in [6, 6.07) is 3.34. The standard InChI is InChI=1S/C14H25N3/c1-4-12(3)17-9-8-13(16-17)10-15-14-7-5-6-11(14)2/h8-9,11-12,14-15H,4-7,10H2,1-3H3. The van der Waals surface area contributed by atoms with E-state index >= 15 is 0 Å². The maximum absolute atomic E-state index is 4.62. The molecular formula is C14H25N3. The molecule has 0 bridgehead atoms. The molecule has 0 aliphatic heterocycles. The van der Waals surface area contributed by atoms with E-state index in [-0.39, 0.29) is 0 Å². The smallest absolute Gasteiger partial charge is 0.0762 e. The van der Waals surface area contributed by atoms with Gasteiger partial charge in [-0.15, -0.1) is 0 Å². The topological polar surface area (TPSA) is 29.9 Å². The van der Waals surface area contributed by atoms with E-state index in [2.05, 4.69) is 48.1 Å². The molecule has 17 heavy (non-hydrogen) atoms. The van der Waals surface area contributed by atoms with Crippen molar-refractivity contribution in [2.24, 2.45) is 5.92 Å². The molecule has 3 unspecified atom stereocenters. The SMILES string of the molecule is CCC(C)n1ccc(CNC2CCCC2C)n1. The van der Waals surface area contributed by atoms with Crippen molar-refractivity contribution in [2.75, 3.05) is 0 Å². The van der Waals surface area contributed by atoms with Crippen LogP contribution in [0, 0.1) is 5.92 Å². The zero-order chi connectivity index (χ0) is 12.3. The molecule has 3 atom stereocenters. The number of aromatic nitrogens is 2. The molecule has 96 valence electrons. The molecule has 1 fully saturated rings. The van der Waals surface area contributed by atoms with Crippen molar-refractivity contribution in [1.29, 1.82) is 0 Å². The Balaban J connectivity index is 1.84. The van der Waals surface area contributed by atoms with Gasteiger partial charge in [0.05, 0.1) is 5.69 Å². The summed E-state index contributed by atoms with van der Waals surface area (Å²) in [6.07, 6.45) is 7.31. The van der Waals surface area contributed by atoms with E-state index in [1.54, 1.807) is 0 Å². The highest BCUT2D eigenvalue weighted by Gasteiger charge is 2.22. The lowest BCUT2D eigenvalue weighted by Gasteiger charge is -2.16. The van der Waals surface area contributed by atoms with Gasteiger partial charge in [0.2, 0.25) is 0 Å². The van der Waals surface area contributed by atoms with E-state index in [0.717, 1.165) is 18.9 Å². The van der Waals surface area contributed by atoms with Crippen molar-refractivity contribution >= 4 is 0 Å². The summed E-state index contributed by atoms with van der Waals surface area (Å²) in [6.45, 7) is 7.68. The molecule has 0 radical (unpaired) electrons. The normalized spacial score (nSPS) is 26.3. The van der Waals surface area contributed by atoms with E-state index < -0.39 is 0 Å². The summed E-state index contributed by atoms with van der Waals surface area (Å²) >= 11 is 0. The van der Waals surface area contributed by atoms with Crippen molar-refractivity contribution in [3.63, 3.8) is 0 Å². The van der Waals surface area contributed by atoms with Crippen LogP contribution in [-0.2, 0) is 6.54 Å². The van der Waals surface area contributed by atoms with Gasteiger partial charge in [0.15, 0.2) is 0 Å². The molecule has 1 aromatic heterocycles. The average molecular weight is 235 g/mol. The molecule has 0 spiro atoms. The van der Waals surface area contributed by atoms with Gasteiger partial charge >= 0.3 is 0 Å². The van der Waals surface area contributed by atoms with Gasteiger partial charge in [0.1, 0.15) is 0 Å². The summed E-state index contributed by atoms with van der Waals surface area (Å²) in [5, 5.41) is 8.26. The fourth-order valence-electron chi connectivity index (χ4n) is 2.59. The molecule has 2 rings (SSSR count). The second kappa shape index (κ2) is 5.67. The Bertz CT molecular complexity index is 345. The van der Waals surface area contributed by atoms with Crippen LogP contribution < -0.4 is 5.32 Å². The fourth-order valence-corrected chi connectivity index (χ4v) is 2.59. The minimum absolute atomic E-state index is 0.508. The van der Waals surface area contributed by atoms with Crippen LogP contribution in [0.15, 0.2) is 12.3 Å². The van der Waals surface area contributed by atoms with Crippen LogP contribution in [0.2, 0.25) is 0 Å². The lowest BCUT2D eigenvalue weighted by Crippen LogP contribution is -2.30. The summed E-state index contributed by atoms with van der Waals surface area (Å²) in [5.41, 5.74) is 1.17. The molecular weight excluding hydrogens is 210 g/mol. The quantitative estimate of drug-likeness (QED) is 0.849. The first-order valence-corrected chi connectivity index (χ1v) is 6.98. The number of rotatable bonds is 5. The van der Waals surface area contributed by atoms with Crippen LogP contribution in [0.4, 0.5) is 0 Å². The Kier molecular flexibility index (Phi) is 4.21.